The molecule has 6 heteroatoms. The van der Waals surface area contributed by atoms with Gasteiger partial charge in [-0.2, -0.15) is 4.98 Å². The van der Waals surface area contributed by atoms with E-state index in [4.69, 9.17) is 10.3 Å². The fourth-order valence-electron chi connectivity index (χ4n) is 2.16. The van der Waals surface area contributed by atoms with Crippen LogP contribution in [0.5, 0.6) is 0 Å². The van der Waals surface area contributed by atoms with E-state index in [1.165, 1.54) is 0 Å². The quantitative estimate of drug-likeness (QED) is 0.910. The topological polar surface area (TPSA) is 68.2 Å². The molecule has 0 radical (unpaired) electrons. The van der Waals surface area contributed by atoms with Crippen molar-refractivity contribution < 1.29 is 4.52 Å². The zero-order valence-corrected chi connectivity index (χ0v) is 12.1. The van der Waals surface area contributed by atoms with E-state index in [1.807, 2.05) is 0 Å². The molecule has 1 aliphatic heterocycles. The van der Waals surface area contributed by atoms with Crippen LogP contribution in [-0.2, 0) is 6.54 Å². The van der Waals surface area contributed by atoms with Gasteiger partial charge in [0.15, 0.2) is 5.82 Å². The lowest BCUT2D eigenvalue weighted by molar-refractivity contribution is 0.153. The Balaban J connectivity index is 0.00000162. The van der Waals surface area contributed by atoms with Gasteiger partial charge in [0, 0.05) is 25.0 Å². The number of halogens is 1. The minimum Gasteiger partial charge on any atom is -0.339 e. The van der Waals surface area contributed by atoms with Crippen molar-refractivity contribution >= 4 is 12.4 Å². The van der Waals surface area contributed by atoms with Gasteiger partial charge in [-0.05, 0) is 12.3 Å². The van der Waals surface area contributed by atoms with Gasteiger partial charge in [-0.3, -0.25) is 4.90 Å². The first kappa shape index (κ1) is 15.4. The van der Waals surface area contributed by atoms with E-state index >= 15 is 0 Å². The smallest absolute Gasteiger partial charge is 0.229 e. The molecule has 0 amide bonds. The first-order valence-electron chi connectivity index (χ1n) is 6.36. The molecule has 104 valence electrons. The molecule has 5 nitrogen and oxygen atoms in total. The van der Waals surface area contributed by atoms with Gasteiger partial charge in [0.05, 0.1) is 6.54 Å². The molecule has 1 saturated heterocycles. The maximum Gasteiger partial charge on any atom is 0.229 e. The molecule has 1 aliphatic rings. The molecule has 0 saturated carbocycles. The third-order valence-electron chi connectivity index (χ3n) is 3.40. The predicted octanol–water partition coefficient (Wildman–Crippen LogP) is 1.78. The fourth-order valence-corrected chi connectivity index (χ4v) is 2.16. The number of nitrogens with two attached hydrogens (primary N) is 1. The lowest BCUT2D eigenvalue weighted by Crippen LogP contribution is -2.45. The van der Waals surface area contributed by atoms with Crippen molar-refractivity contribution in [1.29, 1.82) is 0 Å². The van der Waals surface area contributed by atoms with Gasteiger partial charge in [0.1, 0.15) is 0 Å². The maximum absolute atomic E-state index is 6.00. The second-order valence-electron chi connectivity index (χ2n) is 5.37. The molecule has 0 bridgehead atoms. The van der Waals surface area contributed by atoms with Crippen LogP contribution < -0.4 is 5.73 Å². The third-order valence-corrected chi connectivity index (χ3v) is 3.40. The summed E-state index contributed by atoms with van der Waals surface area (Å²) in [6, 6.07) is 0.336. The van der Waals surface area contributed by atoms with Crippen molar-refractivity contribution in [3.63, 3.8) is 0 Å². The van der Waals surface area contributed by atoms with Crippen LogP contribution in [0.2, 0.25) is 0 Å². The third kappa shape index (κ3) is 3.67. The number of hydrogen-bond donors (Lipinski definition) is 1. The molecule has 2 N–H and O–H groups in total. The summed E-state index contributed by atoms with van der Waals surface area (Å²) < 4.78 is 5.20. The van der Waals surface area contributed by atoms with Crippen LogP contribution in [0.4, 0.5) is 0 Å². The number of likely N-dealkylation sites (tertiary alicyclic amines) is 1. The van der Waals surface area contributed by atoms with E-state index < -0.39 is 0 Å². The molecular formula is C12H23ClN4O. The Hall–Kier alpha value is -0.650. The van der Waals surface area contributed by atoms with Crippen LogP contribution in [0.25, 0.3) is 0 Å². The number of rotatable bonds is 3. The predicted molar refractivity (Wildman–Crippen MR) is 72.7 cm³/mol. The Bertz CT molecular complexity index is 369. The zero-order chi connectivity index (χ0) is 12.4. The second kappa shape index (κ2) is 6.50. The summed E-state index contributed by atoms with van der Waals surface area (Å²) >= 11 is 0. The van der Waals surface area contributed by atoms with Gasteiger partial charge >= 0.3 is 0 Å². The monoisotopic (exact) mass is 274 g/mol. The average Bonchev–Trinajstić information content (AvgIpc) is 2.72. The standard InChI is InChI=1S/C12H22N4O.ClH/c1-8(2)12-14-11(15-17-12)7-16-5-4-10(13)9(3)6-16;/h8-10H,4-7,13H2,1-3H3;1H. The van der Waals surface area contributed by atoms with E-state index in [1.54, 1.807) is 0 Å². The summed E-state index contributed by atoms with van der Waals surface area (Å²) in [6.45, 7) is 9.13. The number of hydrogen-bond acceptors (Lipinski definition) is 5. The molecule has 0 aliphatic carbocycles. The minimum absolute atomic E-state index is 0. The highest BCUT2D eigenvalue weighted by molar-refractivity contribution is 5.85. The van der Waals surface area contributed by atoms with Gasteiger partial charge < -0.3 is 10.3 Å². The van der Waals surface area contributed by atoms with E-state index in [0.717, 1.165) is 37.8 Å². The maximum atomic E-state index is 6.00. The van der Waals surface area contributed by atoms with Crippen molar-refractivity contribution in [3.8, 4) is 0 Å². The highest BCUT2D eigenvalue weighted by atomic mass is 35.5. The van der Waals surface area contributed by atoms with Crippen molar-refractivity contribution in [2.24, 2.45) is 11.7 Å². The Morgan fingerprint density at radius 2 is 2.22 bits per heavy atom. The highest BCUT2D eigenvalue weighted by Crippen LogP contribution is 2.17. The molecule has 0 aromatic carbocycles. The molecular weight excluding hydrogens is 252 g/mol. The lowest BCUT2D eigenvalue weighted by Gasteiger charge is -2.34. The fraction of sp³-hybridized carbons (Fsp3) is 0.833. The molecule has 1 fully saturated rings. The number of nitrogens with zero attached hydrogens (tertiary/aromatic N) is 3. The van der Waals surface area contributed by atoms with Gasteiger partial charge in [0.25, 0.3) is 0 Å². The molecule has 2 heterocycles. The molecule has 2 atom stereocenters. The van der Waals surface area contributed by atoms with E-state index in [9.17, 15) is 0 Å². The zero-order valence-electron chi connectivity index (χ0n) is 11.3. The van der Waals surface area contributed by atoms with Crippen LogP contribution in [0, 0.1) is 5.92 Å². The van der Waals surface area contributed by atoms with Crippen molar-refractivity contribution in [2.75, 3.05) is 13.1 Å². The summed E-state index contributed by atoms with van der Waals surface area (Å²) in [5.41, 5.74) is 6.00. The van der Waals surface area contributed by atoms with Crippen LogP contribution in [0.3, 0.4) is 0 Å². The second-order valence-corrected chi connectivity index (χ2v) is 5.37. The van der Waals surface area contributed by atoms with Crippen LogP contribution in [0.15, 0.2) is 4.52 Å². The Labute approximate surface area is 115 Å². The van der Waals surface area contributed by atoms with Gasteiger partial charge in [-0.15, -0.1) is 12.4 Å². The van der Waals surface area contributed by atoms with Crippen molar-refractivity contribution in [3.05, 3.63) is 11.7 Å². The highest BCUT2D eigenvalue weighted by Gasteiger charge is 2.24. The summed E-state index contributed by atoms with van der Waals surface area (Å²) in [5.74, 6) is 2.35. The van der Waals surface area contributed by atoms with Gasteiger partial charge in [-0.1, -0.05) is 25.9 Å². The molecule has 2 rings (SSSR count). The van der Waals surface area contributed by atoms with E-state index in [-0.39, 0.29) is 12.4 Å². The van der Waals surface area contributed by atoms with Gasteiger partial charge in [-0.25, -0.2) is 0 Å². The van der Waals surface area contributed by atoms with Crippen molar-refractivity contribution in [1.82, 2.24) is 15.0 Å². The Kier molecular flexibility index (Phi) is 5.56. The van der Waals surface area contributed by atoms with E-state index in [2.05, 4.69) is 35.8 Å². The Morgan fingerprint density at radius 3 is 2.78 bits per heavy atom. The summed E-state index contributed by atoms with van der Waals surface area (Å²) in [6.07, 6.45) is 1.05. The van der Waals surface area contributed by atoms with Crippen LogP contribution >= 0.6 is 12.4 Å². The normalized spacial score (nSPS) is 25.2. The largest absolute Gasteiger partial charge is 0.339 e. The molecule has 1 aromatic heterocycles. The first-order valence-corrected chi connectivity index (χ1v) is 6.36. The van der Waals surface area contributed by atoms with Gasteiger partial charge in [0.2, 0.25) is 5.89 Å². The number of piperidine rings is 1. The molecule has 18 heavy (non-hydrogen) atoms. The minimum atomic E-state index is 0. The molecule has 2 unspecified atom stereocenters. The average molecular weight is 275 g/mol. The number of aromatic nitrogens is 2. The SMILES string of the molecule is CC(C)c1nc(CN2CCC(N)C(C)C2)no1.Cl. The van der Waals surface area contributed by atoms with Crippen LogP contribution in [-0.4, -0.2) is 34.2 Å². The van der Waals surface area contributed by atoms with Crippen molar-refractivity contribution in [2.45, 2.75) is 45.7 Å². The first-order chi connectivity index (χ1) is 8.06. The summed E-state index contributed by atoms with van der Waals surface area (Å²) in [5, 5.41) is 4.02. The molecule has 0 spiro atoms. The summed E-state index contributed by atoms with van der Waals surface area (Å²) in [4.78, 5) is 6.75. The lowest BCUT2D eigenvalue weighted by atomic mass is 9.95. The van der Waals surface area contributed by atoms with E-state index in [0.29, 0.717) is 17.9 Å². The van der Waals surface area contributed by atoms with Crippen LogP contribution in [0.1, 0.15) is 44.8 Å². The Morgan fingerprint density at radius 1 is 1.50 bits per heavy atom. The summed E-state index contributed by atoms with van der Waals surface area (Å²) in [7, 11) is 0. The molecule has 1 aromatic rings.